The van der Waals surface area contributed by atoms with Crippen LogP contribution in [0.1, 0.15) is 64.5 Å². The topological polar surface area (TPSA) is 0 Å². The molecular weight excluding hydrogens is 360 g/mol. The van der Waals surface area contributed by atoms with Crippen LogP contribution in [0.5, 0.6) is 0 Å². The first kappa shape index (κ1) is 18.9. The summed E-state index contributed by atoms with van der Waals surface area (Å²) in [5, 5.41) is 0. The number of aryl methyl sites for hydroxylation is 1. The zero-order valence-electron chi connectivity index (χ0n) is 17.5. The average Bonchev–Trinajstić information content (AvgIpc) is 2.84. The van der Waals surface area contributed by atoms with Gasteiger partial charge in [-0.1, -0.05) is 116 Å². The second-order valence-electron chi connectivity index (χ2n) is 8.53. The number of hydrogen-bond acceptors (Lipinski definition) is 0. The SMILES string of the molecule is CC(c1ccccc1)c1ccc(C2c3ccccc3CCC2c2ccccc2)cc1. The van der Waals surface area contributed by atoms with Crippen molar-refractivity contribution in [3.05, 3.63) is 143 Å². The fourth-order valence-electron chi connectivity index (χ4n) is 5.16. The van der Waals surface area contributed by atoms with E-state index >= 15 is 0 Å². The Morgan fingerprint density at radius 1 is 0.600 bits per heavy atom. The highest BCUT2D eigenvalue weighted by Gasteiger charge is 2.31. The summed E-state index contributed by atoms with van der Waals surface area (Å²) in [5.74, 6) is 1.35. The maximum Gasteiger partial charge on any atom is 0.0161 e. The lowest BCUT2D eigenvalue weighted by atomic mass is 9.69. The van der Waals surface area contributed by atoms with Gasteiger partial charge in [-0.2, -0.15) is 0 Å². The third-order valence-electron chi connectivity index (χ3n) is 6.84. The lowest BCUT2D eigenvalue weighted by Gasteiger charge is -2.35. The molecule has 0 fully saturated rings. The quantitative estimate of drug-likeness (QED) is 0.336. The van der Waals surface area contributed by atoms with Gasteiger partial charge in [-0.05, 0) is 52.1 Å². The van der Waals surface area contributed by atoms with Crippen molar-refractivity contribution < 1.29 is 0 Å². The largest absolute Gasteiger partial charge is 0.0622 e. The first-order valence-corrected chi connectivity index (χ1v) is 11.1. The molecule has 1 aliphatic carbocycles. The highest BCUT2D eigenvalue weighted by Crippen LogP contribution is 2.46. The van der Waals surface area contributed by atoms with Crippen LogP contribution in [0, 0.1) is 0 Å². The first-order chi connectivity index (χ1) is 14.8. The zero-order valence-corrected chi connectivity index (χ0v) is 17.5. The lowest BCUT2D eigenvalue weighted by molar-refractivity contribution is 0.524. The van der Waals surface area contributed by atoms with E-state index in [1.165, 1.54) is 39.8 Å². The first-order valence-electron chi connectivity index (χ1n) is 11.1. The van der Waals surface area contributed by atoms with Crippen LogP contribution in [-0.2, 0) is 6.42 Å². The third kappa shape index (κ3) is 3.59. The molecule has 0 amide bonds. The maximum absolute atomic E-state index is 2.37. The molecule has 148 valence electrons. The molecule has 0 heterocycles. The van der Waals surface area contributed by atoms with Crippen LogP contribution < -0.4 is 0 Å². The second kappa shape index (κ2) is 8.32. The van der Waals surface area contributed by atoms with Gasteiger partial charge >= 0.3 is 0 Å². The van der Waals surface area contributed by atoms with E-state index in [2.05, 4.69) is 116 Å². The number of rotatable bonds is 4. The van der Waals surface area contributed by atoms with Crippen LogP contribution >= 0.6 is 0 Å². The van der Waals surface area contributed by atoms with Crippen LogP contribution in [0.2, 0.25) is 0 Å². The number of fused-ring (bicyclic) bond motifs is 1. The number of benzene rings is 4. The van der Waals surface area contributed by atoms with Gasteiger partial charge in [0.05, 0.1) is 0 Å². The van der Waals surface area contributed by atoms with Crippen molar-refractivity contribution >= 4 is 0 Å². The van der Waals surface area contributed by atoms with E-state index in [0.717, 1.165) is 6.42 Å². The summed E-state index contributed by atoms with van der Waals surface area (Å²) in [6.07, 6.45) is 2.36. The molecule has 0 spiro atoms. The van der Waals surface area contributed by atoms with Gasteiger partial charge in [-0.3, -0.25) is 0 Å². The zero-order chi connectivity index (χ0) is 20.3. The molecule has 30 heavy (non-hydrogen) atoms. The predicted molar refractivity (Wildman–Crippen MR) is 126 cm³/mol. The predicted octanol–water partition coefficient (Wildman–Crippen LogP) is 7.70. The van der Waals surface area contributed by atoms with Crippen LogP contribution in [0.25, 0.3) is 0 Å². The normalized spacial score (nSPS) is 19.1. The minimum absolute atomic E-state index is 0.406. The molecule has 4 aromatic carbocycles. The lowest BCUT2D eigenvalue weighted by Crippen LogP contribution is -2.20. The van der Waals surface area contributed by atoms with E-state index in [1.54, 1.807) is 0 Å². The highest BCUT2D eigenvalue weighted by atomic mass is 14.3. The van der Waals surface area contributed by atoms with Gasteiger partial charge in [-0.15, -0.1) is 0 Å². The van der Waals surface area contributed by atoms with Gasteiger partial charge in [0.15, 0.2) is 0 Å². The minimum Gasteiger partial charge on any atom is -0.0622 e. The molecule has 5 rings (SSSR count). The molecule has 0 aromatic heterocycles. The van der Waals surface area contributed by atoms with Crippen molar-refractivity contribution in [1.29, 1.82) is 0 Å². The Morgan fingerprint density at radius 2 is 1.20 bits per heavy atom. The van der Waals surface area contributed by atoms with Crippen LogP contribution in [0.3, 0.4) is 0 Å². The Balaban J connectivity index is 1.53. The second-order valence-corrected chi connectivity index (χ2v) is 8.53. The van der Waals surface area contributed by atoms with Crippen molar-refractivity contribution in [2.45, 2.75) is 37.5 Å². The van der Waals surface area contributed by atoms with E-state index in [0.29, 0.717) is 17.8 Å². The molecule has 0 nitrogen and oxygen atoms in total. The molecule has 1 aliphatic rings. The monoisotopic (exact) mass is 388 g/mol. The highest BCUT2D eigenvalue weighted by molar-refractivity contribution is 5.46. The fourth-order valence-corrected chi connectivity index (χ4v) is 5.16. The Bertz CT molecular complexity index is 1090. The van der Waals surface area contributed by atoms with Gasteiger partial charge in [-0.25, -0.2) is 0 Å². The average molecular weight is 389 g/mol. The van der Waals surface area contributed by atoms with E-state index in [-0.39, 0.29) is 0 Å². The maximum atomic E-state index is 2.37. The summed E-state index contributed by atoms with van der Waals surface area (Å²) < 4.78 is 0. The van der Waals surface area contributed by atoms with Crippen molar-refractivity contribution in [1.82, 2.24) is 0 Å². The van der Waals surface area contributed by atoms with E-state index < -0.39 is 0 Å². The van der Waals surface area contributed by atoms with Gasteiger partial charge in [0.1, 0.15) is 0 Å². The van der Waals surface area contributed by atoms with Gasteiger partial charge < -0.3 is 0 Å². The molecule has 0 heteroatoms. The van der Waals surface area contributed by atoms with Crippen LogP contribution in [0.15, 0.2) is 109 Å². The molecular formula is C30H28. The Kier molecular flexibility index (Phi) is 5.24. The Morgan fingerprint density at radius 3 is 1.93 bits per heavy atom. The fraction of sp³-hybridized carbons (Fsp3) is 0.200. The molecule has 3 atom stereocenters. The third-order valence-corrected chi connectivity index (χ3v) is 6.84. The molecule has 0 bridgehead atoms. The molecule has 4 aromatic rings. The Hall–Kier alpha value is -3.12. The summed E-state index contributed by atoms with van der Waals surface area (Å²) >= 11 is 0. The minimum atomic E-state index is 0.406. The molecule has 3 unspecified atom stereocenters. The van der Waals surface area contributed by atoms with Gasteiger partial charge in [0, 0.05) is 11.8 Å². The summed E-state index contributed by atoms with van der Waals surface area (Å²) in [4.78, 5) is 0. The molecule has 0 saturated carbocycles. The Labute approximate surface area is 180 Å². The summed E-state index contributed by atoms with van der Waals surface area (Å²) in [6.45, 7) is 2.30. The van der Waals surface area contributed by atoms with Gasteiger partial charge in [0.2, 0.25) is 0 Å². The van der Waals surface area contributed by atoms with Crippen molar-refractivity contribution in [2.75, 3.05) is 0 Å². The van der Waals surface area contributed by atoms with Crippen molar-refractivity contribution in [2.24, 2.45) is 0 Å². The molecule has 0 saturated heterocycles. The molecule has 0 radical (unpaired) electrons. The van der Waals surface area contributed by atoms with Crippen LogP contribution in [0.4, 0.5) is 0 Å². The summed E-state index contributed by atoms with van der Waals surface area (Å²) in [5.41, 5.74) is 8.65. The number of hydrogen-bond donors (Lipinski definition) is 0. The smallest absolute Gasteiger partial charge is 0.0161 e. The standard InChI is InChI=1S/C30H28/c1-22(23-10-4-2-5-11-23)24-16-18-27(19-17-24)30-28-15-9-8-14-26(28)20-21-29(30)25-12-6-3-7-13-25/h2-19,22,29-30H,20-21H2,1H3. The molecule has 0 aliphatic heterocycles. The van der Waals surface area contributed by atoms with E-state index in [1.807, 2.05) is 0 Å². The van der Waals surface area contributed by atoms with Crippen LogP contribution in [-0.4, -0.2) is 0 Å². The van der Waals surface area contributed by atoms with E-state index in [9.17, 15) is 0 Å². The molecule has 0 N–H and O–H groups in total. The summed E-state index contributed by atoms with van der Waals surface area (Å²) in [6, 6.07) is 40.3. The van der Waals surface area contributed by atoms with Crippen molar-refractivity contribution in [3.8, 4) is 0 Å². The van der Waals surface area contributed by atoms with E-state index in [4.69, 9.17) is 0 Å². The van der Waals surface area contributed by atoms with Crippen molar-refractivity contribution in [3.63, 3.8) is 0 Å². The van der Waals surface area contributed by atoms with Gasteiger partial charge in [0.25, 0.3) is 0 Å². The summed E-state index contributed by atoms with van der Waals surface area (Å²) in [7, 11) is 0.